The molecular weight excluding hydrogens is 873 g/mol. The monoisotopic (exact) mass is 953 g/mol. The van der Waals surface area contributed by atoms with E-state index in [0.717, 1.165) is 0 Å². The number of amides is 6. The quantitative estimate of drug-likeness (QED) is 0.0890. The molecule has 380 valence electrons. The minimum absolute atomic E-state index is 0.0497. The molecule has 1 heterocycles. The molecule has 2 aromatic rings. The lowest BCUT2D eigenvalue weighted by Gasteiger charge is -2.41. The normalized spacial score (nSPS) is 17.8. The van der Waals surface area contributed by atoms with Gasteiger partial charge in [-0.2, -0.15) is 0 Å². The van der Waals surface area contributed by atoms with Gasteiger partial charge in [-0.3, -0.25) is 29.4 Å². The maximum Gasteiger partial charge on any atom is 0.411 e. The number of anilines is 1. The molecule has 0 bridgehead atoms. The van der Waals surface area contributed by atoms with Crippen LogP contribution < -0.4 is 16.0 Å². The number of benzene rings is 2. The summed E-state index contributed by atoms with van der Waals surface area (Å²) < 4.78 is 22.7. The number of nitrogens with one attached hydrogen (secondary N) is 3. The van der Waals surface area contributed by atoms with Gasteiger partial charge in [0.1, 0.15) is 18.7 Å². The maximum atomic E-state index is 14.6. The molecule has 3 rings (SSSR count). The first-order chi connectivity index (χ1) is 32.1. The molecule has 2 aromatic carbocycles. The van der Waals surface area contributed by atoms with Crippen LogP contribution in [0.4, 0.5) is 15.3 Å². The number of nitrogens with zero attached hydrogens (tertiary/aromatic N) is 3. The van der Waals surface area contributed by atoms with Crippen LogP contribution in [-0.4, -0.2) is 139 Å². The molecule has 1 fully saturated rings. The van der Waals surface area contributed by atoms with Gasteiger partial charge in [-0.1, -0.05) is 97.4 Å². The van der Waals surface area contributed by atoms with Gasteiger partial charge < -0.3 is 44.5 Å². The summed E-state index contributed by atoms with van der Waals surface area (Å²) in [6.07, 6.45) is -1.91. The molecule has 1 aliphatic rings. The fourth-order valence-corrected chi connectivity index (χ4v) is 8.98. The molecule has 0 aromatic heterocycles. The van der Waals surface area contributed by atoms with E-state index in [9.17, 15) is 33.9 Å². The second-order valence-electron chi connectivity index (χ2n) is 19.1. The minimum Gasteiger partial charge on any atom is -0.447 e. The van der Waals surface area contributed by atoms with Gasteiger partial charge in [-0.15, -0.1) is 0 Å². The van der Waals surface area contributed by atoms with E-state index in [2.05, 4.69) is 16.0 Å². The summed E-state index contributed by atoms with van der Waals surface area (Å²) in [5, 5.41) is 19.4. The molecule has 17 heteroatoms. The average Bonchev–Trinajstić information content (AvgIpc) is 3.79. The topological polar surface area (TPSA) is 205 Å². The molecule has 0 unspecified atom stereocenters. The number of aliphatic hydroxyl groups is 1. The van der Waals surface area contributed by atoms with E-state index < -0.39 is 72.5 Å². The summed E-state index contributed by atoms with van der Waals surface area (Å²) >= 11 is 0. The van der Waals surface area contributed by atoms with Crippen LogP contribution in [0.3, 0.4) is 0 Å². The van der Waals surface area contributed by atoms with E-state index in [4.69, 9.17) is 18.9 Å². The Balaban J connectivity index is 1.72. The molecule has 0 radical (unpaired) electrons. The van der Waals surface area contributed by atoms with Gasteiger partial charge in [0.2, 0.25) is 23.6 Å². The molecule has 17 nitrogen and oxygen atoms in total. The van der Waals surface area contributed by atoms with Crippen molar-refractivity contribution < 1.29 is 52.8 Å². The summed E-state index contributed by atoms with van der Waals surface area (Å²) in [4.78, 5) is 86.6. The predicted molar refractivity (Wildman–Crippen MR) is 260 cm³/mol. The van der Waals surface area contributed by atoms with Crippen molar-refractivity contribution in [3.05, 3.63) is 65.7 Å². The van der Waals surface area contributed by atoms with Gasteiger partial charge in [0.15, 0.2) is 0 Å². The van der Waals surface area contributed by atoms with Crippen molar-refractivity contribution in [2.24, 2.45) is 23.7 Å². The Labute approximate surface area is 404 Å². The van der Waals surface area contributed by atoms with Gasteiger partial charge in [-0.05, 0) is 74.6 Å². The fraction of sp³-hybridized carbons (Fsp3) is 0.647. The maximum absolute atomic E-state index is 14.6. The number of hydrogen-bond donors (Lipinski definition) is 4. The molecule has 10 atom stereocenters. The van der Waals surface area contributed by atoms with E-state index in [1.165, 1.54) is 26.2 Å². The van der Waals surface area contributed by atoms with Crippen LogP contribution in [0.5, 0.6) is 0 Å². The van der Waals surface area contributed by atoms with Crippen molar-refractivity contribution in [3.63, 3.8) is 0 Å². The lowest BCUT2D eigenvalue weighted by molar-refractivity contribution is -0.148. The number of rotatable bonds is 24. The minimum atomic E-state index is -0.988. The van der Waals surface area contributed by atoms with Gasteiger partial charge in [0.05, 0.1) is 54.9 Å². The van der Waals surface area contributed by atoms with Crippen LogP contribution >= 0.6 is 0 Å². The summed E-state index contributed by atoms with van der Waals surface area (Å²) in [7, 11) is 6.19. The zero-order valence-corrected chi connectivity index (χ0v) is 42.8. The number of likely N-dealkylation sites (N-methyl/N-ethyl adjacent to an activating group) is 2. The van der Waals surface area contributed by atoms with E-state index in [-0.39, 0.29) is 54.6 Å². The fourth-order valence-electron chi connectivity index (χ4n) is 8.98. The molecule has 6 amide bonds. The summed E-state index contributed by atoms with van der Waals surface area (Å²) in [5.74, 6) is -2.90. The number of ether oxygens (including phenoxy) is 4. The lowest BCUT2D eigenvalue weighted by Crippen LogP contribution is -2.60. The first-order valence-corrected chi connectivity index (χ1v) is 24.0. The SMILES string of the molecule is CC[C@H](C)[C@@H]([C@@H](CC(=O)N1CCC[C@H]1[C@H](OC)[C@@H](C)C(=O)N[C@H](C)[C@@H](O)c1ccccc1)OC)N(C)C(=O)[C@@H](NC(=O)[C@H](C(C)C)N(C)C(=O)OCc1ccc(NC(=O)OC(C)C)cc1)C(C)C. The number of methoxy groups -OCH3 is 2. The van der Waals surface area contributed by atoms with Gasteiger partial charge in [0, 0.05) is 40.5 Å². The molecule has 68 heavy (non-hydrogen) atoms. The Hall–Kier alpha value is -5.26. The third kappa shape index (κ3) is 15.6. The van der Waals surface area contributed by atoms with Crippen LogP contribution in [-0.2, 0) is 44.7 Å². The van der Waals surface area contributed by atoms with E-state index in [0.29, 0.717) is 42.6 Å². The highest BCUT2D eigenvalue weighted by Gasteiger charge is 2.44. The van der Waals surface area contributed by atoms with Crippen molar-refractivity contribution >= 4 is 41.5 Å². The highest BCUT2D eigenvalue weighted by atomic mass is 16.6. The second kappa shape index (κ2) is 27.1. The van der Waals surface area contributed by atoms with E-state index in [1.54, 1.807) is 94.8 Å². The van der Waals surface area contributed by atoms with Crippen LogP contribution in [0.25, 0.3) is 0 Å². The molecular formula is C51H80N6O11. The standard InChI is InChI=1S/C51H80N6O11/c1-15-33(8)44(40(65-13)28-41(58)57-27-19-22-39(57)46(66-14)34(9)47(60)52-35(10)45(59)37-20-17-16-18-21-37)55(11)49(62)42(30(2)3)54-48(61)43(31(4)5)56(12)51(64)67-29-36-23-25-38(26-24-36)53-50(63)68-32(6)7/h16-18,20-21,23-26,30-35,39-40,42-46,59H,15,19,22,27-29H2,1-14H3,(H,52,60)(H,53,63)(H,54,61)/t33-,34+,35+,39-,40+,42-,43-,44-,45+,46+/m0/s1. The van der Waals surface area contributed by atoms with Crippen LogP contribution in [0.1, 0.15) is 112 Å². The number of hydrogen-bond acceptors (Lipinski definition) is 11. The molecule has 0 aliphatic carbocycles. The van der Waals surface area contributed by atoms with Crippen LogP contribution in [0.2, 0.25) is 0 Å². The molecule has 1 saturated heterocycles. The van der Waals surface area contributed by atoms with E-state index in [1.807, 2.05) is 45.9 Å². The molecule has 0 saturated carbocycles. The number of carbonyl (C=O) groups is 6. The Kier molecular flexibility index (Phi) is 22.7. The Bertz CT molecular complexity index is 1930. The van der Waals surface area contributed by atoms with Gasteiger partial charge >= 0.3 is 12.2 Å². The first kappa shape index (κ1) is 57.1. The Morgan fingerprint density at radius 1 is 0.809 bits per heavy atom. The van der Waals surface area contributed by atoms with Crippen molar-refractivity contribution in [1.29, 1.82) is 0 Å². The number of carbonyl (C=O) groups excluding carboxylic acids is 6. The zero-order chi connectivity index (χ0) is 51.0. The highest BCUT2D eigenvalue weighted by Crippen LogP contribution is 2.30. The summed E-state index contributed by atoms with van der Waals surface area (Å²) in [6, 6.07) is 12.3. The first-order valence-electron chi connectivity index (χ1n) is 24.0. The lowest BCUT2D eigenvalue weighted by atomic mass is 9.89. The summed E-state index contributed by atoms with van der Waals surface area (Å²) in [5.41, 5.74) is 1.85. The third-order valence-corrected chi connectivity index (χ3v) is 13.0. The van der Waals surface area contributed by atoms with E-state index >= 15 is 0 Å². The van der Waals surface area contributed by atoms with Crippen molar-refractivity contribution in [2.75, 3.05) is 40.2 Å². The van der Waals surface area contributed by atoms with Gasteiger partial charge in [0.25, 0.3) is 0 Å². The zero-order valence-electron chi connectivity index (χ0n) is 42.8. The summed E-state index contributed by atoms with van der Waals surface area (Å²) in [6.45, 7) is 18.6. The number of likely N-dealkylation sites (tertiary alicyclic amines) is 1. The second-order valence-corrected chi connectivity index (χ2v) is 19.1. The van der Waals surface area contributed by atoms with Gasteiger partial charge in [-0.25, -0.2) is 9.59 Å². The van der Waals surface area contributed by atoms with Crippen LogP contribution in [0.15, 0.2) is 54.6 Å². The highest BCUT2D eigenvalue weighted by molar-refractivity contribution is 5.92. The molecule has 0 spiro atoms. The predicted octanol–water partition coefficient (Wildman–Crippen LogP) is 6.54. The van der Waals surface area contributed by atoms with Crippen molar-refractivity contribution in [3.8, 4) is 0 Å². The third-order valence-electron chi connectivity index (χ3n) is 13.0. The molecule has 1 aliphatic heterocycles. The molecule has 4 N–H and O–H groups in total. The largest absolute Gasteiger partial charge is 0.447 e. The number of aliphatic hydroxyl groups excluding tert-OH is 1. The Morgan fingerprint density at radius 2 is 1.44 bits per heavy atom. The smallest absolute Gasteiger partial charge is 0.411 e. The average molecular weight is 953 g/mol. The van der Waals surface area contributed by atoms with Crippen LogP contribution in [0, 0.1) is 23.7 Å². The van der Waals surface area contributed by atoms with Crippen molar-refractivity contribution in [2.45, 2.75) is 156 Å². The van der Waals surface area contributed by atoms with Crippen molar-refractivity contribution in [1.82, 2.24) is 25.3 Å². The Morgan fingerprint density at radius 3 is 1.99 bits per heavy atom.